The van der Waals surface area contributed by atoms with Crippen LogP contribution in [0.5, 0.6) is 5.75 Å². The predicted molar refractivity (Wildman–Crippen MR) is 150 cm³/mol. The van der Waals surface area contributed by atoms with Gasteiger partial charge in [-0.15, -0.1) is 0 Å². The number of aliphatic imine (C=N–C) groups is 1. The van der Waals surface area contributed by atoms with Gasteiger partial charge < -0.3 is 32.3 Å². The Morgan fingerprint density at radius 3 is 1.85 bits per heavy atom. The maximum Gasteiger partial charge on any atom is 0.290 e. The van der Waals surface area contributed by atoms with E-state index in [1.54, 1.807) is 24.3 Å². The highest BCUT2D eigenvalue weighted by Crippen LogP contribution is 2.25. The Balaban J connectivity index is 0.00000170. The molecule has 39 heavy (non-hydrogen) atoms. The standard InChI is InChI=1S/C28H33N5O3.CH2O2/c1-19(20-14-16-23(34)17-15-20)32-26(35)24(13-8-18-31-28(29)30)33-27(36)25(21-9-4-2-5-10-21)22-11-6-3-7-12-22;2-1-3/h2-7,9-12,14-17,19,24-25,34H,8,13,18H2,1H3,(H,32,35)(H,33,36)(H4,29,30,31);1H,(H,2,3)/t19-,24-;/m1./s1. The zero-order chi connectivity index (χ0) is 28.6. The summed E-state index contributed by atoms with van der Waals surface area (Å²) in [6, 6.07) is 24.4. The number of rotatable bonds is 11. The number of carboxylic acid groups (broad SMARTS) is 1. The molecule has 3 aromatic carbocycles. The molecule has 10 heteroatoms. The normalized spacial score (nSPS) is 11.7. The van der Waals surface area contributed by atoms with Crippen molar-refractivity contribution in [3.63, 3.8) is 0 Å². The quantitative estimate of drug-likeness (QED) is 0.0948. The number of hydrogen-bond donors (Lipinski definition) is 6. The lowest BCUT2D eigenvalue weighted by Gasteiger charge is -2.24. The first-order valence-corrected chi connectivity index (χ1v) is 12.4. The first kappa shape index (κ1) is 30.4. The Bertz CT molecular complexity index is 1160. The lowest BCUT2D eigenvalue weighted by molar-refractivity contribution is -0.129. The summed E-state index contributed by atoms with van der Waals surface area (Å²) in [6.45, 7) is 1.94. The number of amides is 2. The van der Waals surface area contributed by atoms with Crippen molar-refractivity contribution in [1.82, 2.24) is 10.6 Å². The van der Waals surface area contributed by atoms with Crippen molar-refractivity contribution in [3.05, 3.63) is 102 Å². The summed E-state index contributed by atoms with van der Waals surface area (Å²) in [5.41, 5.74) is 13.3. The molecule has 0 aromatic heterocycles. The van der Waals surface area contributed by atoms with Gasteiger partial charge in [-0.25, -0.2) is 0 Å². The van der Waals surface area contributed by atoms with Gasteiger partial charge in [0.05, 0.1) is 12.0 Å². The lowest BCUT2D eigenvalue weighted by Crippen LogP contribution is -2.48. The van der Waals surface area contributed by atoms with E-state index in [9.17, 15) is 14.7 Å². The van der Waals surface area contributed by atoms with Crippen LogP contribution in [-0.4, -0.2) is 47.0 Å². The Kier molecular flexibility index (Phi) is 12.5. The molecule has 2 atom stereocenters. The van der Waals surface area contributed by atoms with Crippen LogP contribution in [-0.2, 0) is 14.4 Å². The number of nitrogens with two attached hydrogens (primary N) is 2. The minimum Gasteiger partial charge on any atom is -0.508 e. The fourth-order valence-corrected chi connectivity index (χ4v) is 3.97. The molecule has 0 fully saturated rings. The molecular formula is C29H35N5O5. The van der Waals surface area contributed by atoms with Crippen molar-refractivity contribution < 1.29 is 24.6 Å². The second-order valence-electron chi connectivity index (χ2n) is 8.69. The Labute approximate surface area is 227 Å². The number of phenolic OH excluding ortho intramolecular Hbond substituents is 1. The first-order chi connectivity index (χ1) is 18.8. The molecule has 2 amide bonds. The van der Waals surface area contributed by atoms with Gasteiger partial charge in [-0.1, -0.05) is 72.8 Å². The van der Waals surface area contributed by atoms with Crippen LogP contribution in [0.4, 0.5) is 0 Å². The molecule has 3 rings (SSSR count). The number of phenols is 1. The zero-order valence-corrected chi connectivity index (χ0v) is 21.7. The minimum absolute atomic E-state index is 0.0193. The molecular weight excluding hydrogens is 498 g/mol. The number of nitrogens with zero attached hydrogens (tertiary/aromatic N) is 1. The largest absolute Gasteiger partial charge is 0.508 e. The molecule has 8 N–H and O–H groups in total. The number of guanidine groups is 1. The van der Waals surface area contributed by atoms with Gasteiger partial charge in [-0.05, 0) is 48.6 Å². The molecule has 0 unspecified atom stereocenters. The maximum atomic E-state index is 13.6. The molecule has 0 heterocycles. The van der Waals surface area contributed by atoms with Crippen LogP contribution in [0.3, 0.4) is 0 Å². The van der Waals surface area contributed by atoms with Crippen molar-refractivity contribution in [1.29, 1.82) is 0 Å². The van der Waals surface area contributed by atoms with E-state index < -0.39 is 12.0 Å². The number of nitrogens with one attached hydrogen (secondary N) is 2. The van der Waals surface area contributed by atoms with Crippen LogP contribution < -0.4 is 22.1 Å². The van der Waals surface area contributed by atoms with Gasteiger partial charge in [-0.3, -0.25) is 19.4 Å². The third-order valence-electron chi connectivity index (χ3n) is 5.86. The molecule has 3 aromatic rings. The highest BCUT2D eigenvalue weighted by molar-refractivity contribution is 5.92. The number of carbonyl (C=O) groups is 3. The Hall–Kier alpha value is -4.86. The summed E-state index contributed by atoms with van der Waals surface area (Å²) < 4.78 is 0. The molecule has 0 aliphatic rings. The third kappa shape index (κ3) is 10.2. The Morgan fingerprint density at radius 2 is 1.36 bits per heavy atom. The summed E-state index contributed by atoms with van der Waals surface area (Å²) in [4.78, 5) is 39.2. The second kappa shape index (κ2) is 16.1. The molecule has 206 valence electrons. The SMILES string of the molecule is C[C@@H](NC(=O)[C@@H](CCCN=C(N)N)NC(=O)C(c1ccccc1)c1ccccc1)c1ccc(O)cc1.O=CO. The molecule has 10 nitrogen and oxygen atoms in total. The van der Waals surface area contributed by atoms with Gasteiger partial charge in [-0.2, -0.15) is 0 Å². The maximum absolute atomic E-state index is 13.6. The predicted octanol–water partition coefficient (Wildman–Crippen LogP) is 2.64. The highest BCUT2D eigenvalue weighted by atomic mass is 16.3. The van der Waals surface area contributed by atoms with E-state index in [0.29, 0.717) is 19.4 Å². The first-order valence-electron chi connectivity index (χ1n) is 12.4. The fourth-order valence-electron chi connectivity index (χ4n) is 3.97. The van der Waals surface area contributed by atoms with Crippen molar-refractivity contribution in [2.75, 3.05) is 6.54 Å². The van der Waals surface area contributed by atoms with Crippen molar-refractivity contribution in [3.8, 4) is 5.75 Å². The van der Waals surface area contributed by atoms with E-state index in [0.717, 1.165) is 16.7 Å². The molecule has 0 radical (unpaired) electrons. The van der Waals surface area contributed by atoms with Crippen LogP contribution in [0.15, 0.2) is 89.9 Å². The summed E-state index contributed by atoms with van der Waals surface area (Å²) in [5, 5.41) is 22.4. The summed E-state index contributed by atoms with van der Waals surface area (Å²) in [5.74, 6) is -1.03. The van der Waals surface area contributed by atoms with Gasteiger partial charge in [0.2, 0.25) is 11.8 Å². The highest BCUT2D eigenvalue weighted by Gasteiger charge is 2.28. The van der Waals surface area contributed by atoms with E-state index in [1.165, 1.54) is 0 Å². The summed E-state index contributed by atoms with van der Waals surface area (Å²) in [7, 11) is 0. The van der Waals surface area contributed by atoms with E-state index in [4.69, 9.17) is 21.4 Å². The molecule has 0 saturated carbocycles. The van der Waals surface area contributed by atoms with Gasteiger partial charge >= 0.3 is 0 Å². The van der Waals surface area contributed by atoms with Crippen LogP contribution in [0.2, 0.25) is 0 Å². The average molecular weight is 534 g/mol. The average Bonchev–Trinajstić information content (AvgIpc) is 2.92. The van der Waals surface area contributed by atoms with Gasteiger partial charge in [0.1, 0.15) is 11.8 Å². The van der Waals surface area contributed by atoms with Crippen LogP contribution in [0.1, 0.15) is 48.4 Å². The van der Waals surface area contributed by atoms with Crippen LogP contribution >= 0.6 is 0 Å². The number of benzene rings is 3. The van der Waals surface area contributed by atoms with Crippen molar-refractivity contribution in [2.24, 2.45) is 16.5 Å². The fraction of sp³-hybridized carbons (Fsp3) is 0.241. The van der Waals surface area contributed by atoms with E-state index in [2.05, 4.69) is 15.6 Å². The zero-order valence-electron chi connectivity index (χ0n) is 21.7. The summed E-state index contributed by atoms with van der Waals surface area (Å²) >= 11 is 0. The van der Waals surface area contributed by atoms with Crippen molar-refractivity contribution >= 4 is 24.2 Å². The van der Waals surface area contributed by atoms with E-state index in [-0.39, 0.29) is 36.0 Å². The monoisotopic (exact) mass is 533 g/mol. The van der Waals surface area contributed by atoms with Gasteiger partial charge in [0.25, 0.3) is 6.47 Å². The molecule has 0 aliphatic heterocycles. The van der Waals surface area contributed by atoms with Gasteiger partial charge in [0.15, 0.2) is 5.96 Å². The van der Waals surface area contributed by atoms with Crippen molar-refractivity contribution in [2.45, 2.75) is 37.8 Å². The second-order valence-corrected chi connectivity index (χ2v) is 8.69. The summed E-state index contributed by atoms with van der Waals surface area (Å²) in [6.07, 6.45) is 0.859. The minimum atomic E-state index is -0.791. The van der Waals surface area contributed by atoms with Gasteiger partial charge in [0, 0.05) is 6.54 Å². The van der Waals surface area contributed by atoms with E-state index in [1.807, 2.05) is 67.6 Å². The molecule has 0 spiro atoms. The smallest absolute Gasteiger partial charge is 0.290 e. The Morgan fingerprint density at radius 1 is 0.846 bits per heavy atom. The molecule has 0 bridgehead atoms. The van der Waals surface area contributed by atoms with Crippen LogP contribution in [0.25, 0.3) is 0 Å². The van der Waals surface area contributed by atoms with E-state index >= 15 is 0 Å². The third-order valence-corrected chi connectivity index (χ3v) is 5.86. The molecule has 0 aliphatic carbocycles. The lowest BCUT2D eigenvalue weighted by atomic mass is 9.90. The number of aromatic hydroxyl groups is 1. The number of hydrogen-bond acceptors (Lipinski definition) is 5. The molecule has 0 saturated heterocycles. The topological polar surface area (TPSA) is 180 Å². The van der Waals surface area contributed by atoms with Crippen LogP contribution in [0, 0.1) is 0 Å². The number of carbonyl (C=O) groups excluding carboxylic acids is 2.